The Morgan fingerprint density at radius 2 is 1.67 bits per heavy atom. The van der Waals surface area contributed by atoms with Crippen LogP contribution < -0.4 is 5.32 Å². The number of phenols is 2. The number of piperazine rings is 1. The lowest BCUT2D eigenvalue weighted by Gasteiger charge is -2.40. The molecule has 1 aromatic rings. The Labute approximate surface area is 108 Å². The summed E-state index contributed by atoms with van der Waals surface area (Å²) >= 11 is 0. The average Bonchev–Trinajstić information content (AvgIpc) is 2.27. The van der Waals surface area contributed by atoms with Crippen molar-refractivity contribution in [1.82, 2.24) is 10.2 Å². The number of aromatic hydroxyl groups is 2. The van der Waals surface area contributed by atoms with Gasteiger partial charge in [0.2, 0.25) is 0 Å². The van der Waals surface area contributed by atoms with Gasteiger partial charge in [-0.3, -0.25) is 4.90 Å². The molecule has 1 fully saturated rings. The predicted octanol–water partition coefficient (Wildman–Crippen LogP) is 1.84. The first-order valence-corrected chi connectivity index (χ1v) is 6.50. The summed E-state index contributed by atoms with van der Waals surface area (Å²) in [6.07, 6.45) is 0. The molecular formula is C14H22N2O2. The van der Waals surface area contributed by atoms with Gasteiger partial charge in [-0.15, -0.1) is 0 Å². The molecule has 1 aliphatic heterocycles. The molecule has 3 atom stereocenters. The van der Waals surface area contributed by atoms with Gasteiger partial charge in [0.15, 0.2) is 0 Å². The van der Waals surface area contributed by atoms with Gasteiger partial charge in [0.1, 0.15) is 11.5 Å². The molecule has 0 spiro atoms. The van der Waals surface area contributed by atoms with Crippen molar-refractivity contribution in [3.05, 3.63) is 23.8 Å². The van der Waals surface area contributed by atoms with Crippen molar-refractivity contribution in [2.45, 2.75) is 38.9 Å². The van der Waals surface area contributed by atoms with E-state index in [1.807, 2.05) is 6.92 Å². The Kier molecular flexibility index (Phi) is 3.78. The SMILES string of the molecule is CC1CN(C(C)c2c(O)cccc2O)CC(C)N1. The van der Waals surface area contributed by atoms with Crippen LogP contribution in [0.1, 0.15) is 32.4 Å². The number of hydrogen-bond donors (Lipinski definition) is 3. The van der Waals surface area contributed by atoms with Gasteiger partial charge >= 0.3 is 0 Å². The number of nitrogens with one attached hydrogen (secondary N) is 1. The zero-order valence-electron chi connectivity index (χ0n) is 11.2. The lowest BCUT2D eigenvalue weighted by molar-refractivity contribution is 0.128. The number of hydrogen-bond acceptors (Lipinski definition) is 4. The molecule has 0 radical (unpaired) electrons. The van der Waals surface area contributed by atoms with Crippen LogP contribution in [0, 0.1) is 0 Å². The molecular weight excluding hydrogens is 228 g/mol. The zero-order valence-corrected chi connectivity index (χ0v) is 11.2. The normalized spacial score (nSPS) is 27.1. The maximum atomic E-state index is 9.92. The molecule has 0 saturated carbocycles. The van der Waals surface area contributed by atoms with Crippen LogP contribution in [0.25, 0.3) is 0 Å². The van der Waals surface area contributed by atoms with E-state index in [-0.39, 0.29) is 17.5 Å². The van der Waals surface area contributed by atoms with Gasteiger partial charge in [-0.05, 0) is 32.9 Å². The van der Waals surface area contributed by atoms with E-state index < -0.39 is 0 Å². The largest absolute Gasteiger partial charge is 0.507 e. The van der Waals surface area contributed by atoms with Crippen molar-refractivity contribution in [1.29, 1.82) is 0 Å². The highest BCUT2D eigenvalue weighted by Gasteiger charge is 2.28. The van der Waals surface area contributed by atoms with Crippen molar-refractivity contribution >= 4 is 0 Å². The van der Waals surface area contributed by atoms with E-state index in [2.05, 4.69) is 24.1 Å². The van der Waals surface area contributed by atoms with Crippen LogP contribution in [-0.4, -0.2) is 40.3 Å². The van der Waals surface area contributed by atoms with Gasteiger partial charge in [-0.25, -0.2) is 0 Å². The Morgan fingerprint density at radius 1 is 1.17 bits per heavy atom. The van der Waals surface area contributed by atoms with Gasteiger partial charge in [0.25, 0.3) is 0 Å². The minimum Gasteiger partial charge on any atom is -0.507 e. The average molecular weight is 250 g/mol. The molecule has 1 aliphatic rings. The second-order valence-corrected chi connectivity index (χ2v) is 5.31. The molecule has 1 heterocycles. The van der Waals surface area contributed by atoms with Gasteiger partial charge < -0.3 is 15.5 Å². The van der Waals surface area contributed by atoms with Crippen molar-refractivity contribution < 1.29 is 10.2 Å². The Balaban J connectivity index is 2.22. The monoisotopic (exact) mass is 250 g/mol. The zero-order chi connectivity index (χ0) is 13.3. The summed E-state index contributed by atoms with van der Waals surface area (Å²) in [5.41, 5.74) is 0.624. The van der Waals surface area contributed by atoms with Crippen LogP contribution in [0.2, 0.25) is 0 Å². The predicted molar refractivity (Wildman–Crippen MR) is 71.8 cm³/mol. The molecule has 3 N–H and O–H groups in total. The van der Waals surface area contributed by atoms with Crippen LogP contribution in [0.3, 0.4) is 0 Å². The van der Waals surface area contributed by atoms with E-state index in [1.54, 1.807) is 18.2 Å². The number of benzene rings is 1. The minimum atomic E-state index is 0.0122. The first-order chi connectivity index (χ1) is 8.49. The number of phenolic OH excluding ortho intramolecular Hbond substituents is 2. The molecule has 18 heavy (non-hydrogen) atoms. The van der Waals surface area contributed by atoms with E-state index in [0.717, 1.165) is 13.1 Å². The first kappa shape index (κ1) is 13.2. The fourth-order valence-electron chi connectivity index (χ4n) is 2.84. The molecule has 2 rings (SSSR count). The van der Waals surface area contributed by atoms with Crippen molar-refractivity contribution in [2.24, 2.45) is 0 Å². The van der Waals surface area contributed by atoms with Gasteiger partial charge in [0, 0.05) is 31.2 Å². The topological polar surface area (TPSA) is 55.7 Å². The molecule has 4 nitrogen and oxygen atoms in total. The summed E-state index contributed by atoms with van der Waals surface area (Å²) in [5.74, 6) is 0.336. The summed E-state index contributed by atoms with van der Waals surface area (Å²) in [5, 5.41) is 23.3. The molecule has 0 aliphatic carbocycles. The lowest BCUT2D eigenvalue weighted by atomic mass is 10.0. The third-order valence-corrected chi connectivity index (χ3v) is 3.61. The van der Waals surface area contributed by atoms with Crippen molar-refractivity contribution in [3.63, 3.8) is 0 Å². The smallest absolute Gasteiger partial charge is 0.124 e. The van der Waals surface area contributed by atoms with Gasteiger partial charge in [0.05, 0.1) is 5.56 Å². The Hall–Kier alpha value is -1.26. The summed E-state index contributed by atoms with van der Waals surface area (Å²) in [4.78, 5) is 2.29. The second-order valence-electron chi connectivity index (χ2n) is 5.31. The highest BCUT2D eigenvalue weighted by molar-refractivity contribution is 5.45. The van der Waals surface area contributed by atoms with Gasteiger partial charge in [-0.1, -0.05) is 6.07 Å². The van der Waals surface area contributed by atoms with Gasteiger partial charge in [-0.2, -0.15) is 0 Å². The minimum absolute atomic E-state index is 0.0122. The standard InChI is InChI=1S/C14H22N2O2/c1-9-7-16(8-10(2)15-9)11(3)14-12(17)5-4-6-13(14)18/h4-6,9-11,15,17-18H,7-8H2,1-3H3. The molecule has 4 heteroatoms. The van der Waals surface area contributed by atoms with Crippen LogP contribution in [0.15, 0.2) is 18.2 Å². The molecule has 1 aromatic carbocycles. The molecule has 1 saturated heterocycles. The Morgan fingerprint density at radius 3 is 2.17 bits per heavy atom. The number of nitrogens with zero attached hydrogens (tertiary/aromatic N) is 1. The second kappa shape index (κ2) is 5.16. The highest BCUT2D eigenvalue weighted by Crippen LogP contribution is 2.35. The van der Waals surface area contributed by atoms with E-state index in [9.17, 15) is 10.2 Å². The molecule has 0 aromatic heterocycles. The third-order valence-electron chi connectivity index (χ3n) is 3.61. The third kappa shape index (κ3) is 2.60. The van der Waals surface area contributed by atoms with Crippen LogP contribution in [0.4, 0.5) is 0 Å². The summed E-state index contributed by atoms with van der Waals surface area (Å²) in [6.45, 7) is 8.16. The van der Waals surface area contributed by atoms with Crippen LogP contribution in [-0.2, 0) is 0 Å². The highest BCUT2D eigenvalue weighted by atomic mass is 16.3. The quantitative estimate of drug-likeness (QED) is 0.749. The van der Waals surface area contributed by atoms with Crippen LogP contribution in [0.5, 0.6) is 11.5 Å². The maximum Gasteiger partial charge on any atom is 0.124 e. The first-order valence-electron chi connectivity index (χ1n) is 6.50. The Bertz CT molecular complexity index is 392. The molecule has 3 unspecified atom stereocenters. The summed E-state index contributed by atoms with van der Waals surface area (Å²) in [6, 6.07) is 5.76. The van der Waals surface area contributed by atoms with E-state index in [1.165, 1.54) is 0 Å². The number of rotatable bonds is 2. The van der Waals surface area contributed by atoms with Crippen LogP contribution >= 0.6 is 0 Å². The molecule has 0 bridgehead atoms. The van der Waals surface area contributed by atoms with Crippen molar-refractivity contribution in [2.75, 3.05) is 13.1 Å². The van der Waals surface area contributed by atoms with E-state index >= 15 is 0 Å². The molecule has 0 amide bonds. The van der Waals surface area contributed by atoms with E-state index in [4.69, 9.17) is 0 Å². The summed E-state index contributed by atoms with van der Waals surface area (Å²) in [7, 11) is 0. The fraction of sp³-hybridized carbons (Fsp3) is 0.571. The van der Waals surface area contributed by atoms with E-state index in [0.29, 0.717) is 17.6 Å². The van der Waals surface area contributed by atoms with Crippen molar-refractivity contribution in [3.8, 4) is 11.5 Å². The molecule has 100 valence electrons. The maximum absolute atomic E-state index is 9.92. The fourth-order valence-corrected chi connectivity index (χ4v) is 2.84. The lowest BCUT2D eigenvalue weighted by Crippen LogP contribution is -2.54. The summed E-state index contributed by atoms with van der Waals surface area (Å²) < 4.78 is 0.